The van der Waals surface area contributed by atoms with Crippen molar-refractivity contribution in [2.24, 2.45) is 0 Å². The minimum Gasteiger partial charge on any atom is -0.344 e. The first-order valence-electron chi connectivity index (χ1n) is 11.9. The van der Waals surface area contributed by atoms with Crippen LogP contribution in [0.5, 0.6) is 0 Å². The molecule has 5 rings (SSSR count). The normalized spacial score (nSPS) is 11.4. The molecule has 1 aromatic carbocycles. The number of hydrogen-bond donors (Lipinski definition) is 3. The first kappa shape index (κ1) is 24.3. The molecular weight excluding hydrogens is 478 g/mol. The fourth-order valence-electron chi connectivity index (χ4n) is 3.79. The number of carbonyl (C=O) groups is 1. The number of imidazole rings is 1. The van der Waals surface area contributed by atoms with Crippen molar-refractivity contribution in [3.8, 4) is 28.7 Å². The molecular formula is C28H23N9O. The summed E-state index contributed by atoms with van der Waals surface area (Å²) >= 11 is 0. The van der Waals surface area contributed by atoms with E-state index in [1.807, 2.05) is 62.4 Å². The van der Waals surface area contributed by atoms with Crippen LogP contribution < -0.4 is 10.6 Å². The monoisotopic (exact) mass is 501 g/mol. The van der Waals surface area contributed by atoms with Gasteiger partial charge in [-0.1, -0.05) is 36.4 Å². The minimum atomic E-state index is -0.296. The van der Waals surface area contributed by atoms with E-state index in [1.54, 1.807) is 36.8 Å². The van der Waals surface area contributed by atoms with Gasteiger partial charge < -0.3 is 15.6 Å². The Balaban J connectivity index is 1.26. The van der Waals surface area contributed by atoms with E-state index in [4.69, 9.17) is 5.26 Å². The number of H-pyrrole nitrogens is 1. The number of nitrogens with zero attached hydrogens (tertiary/aromatic N) is 6. The van der Waals surface area contributed by atoms with Gasteiger partial charge in [-0.3, -0.25) is 14.8 Å². The number of aromatic amines is 1. The minimum absolute atomic E-state index is 0.200. The fraction of sp³-hybridized carbons (Fsp3) is 0.107. The number of carbonyl (C=O) groups excluding carboxylic acids is 1. The van der Waals surface area contributed by atoms with Crippen molar-refractivity contribution in [1.82, 2.24) is 35.2 Å². The molecule has 0 radical (unpaired) electrons. The Morgan fingerprint density at radius 2 is 1.79 bits per heavy atom. The predicted octanol–water partition coefficient (Wildman–Crippen LogP) is 4.74. The van der Waals surface area contributed by atoms with Crippen LogP contribution in [0.2, 0.25) is 0 Å². The van der Waals surface area contributed by atoms with Crippen LogP contribution >= 0.6 is 0 Å². The average molecular weight is 502 g/mol. The van der Waals surface area contributed by atoms with E-state index in [0.29, 0.717) is 23.0 Å². The highest BCUT2D eigenvalue weighted by Crippen LogP contribution is 2.21. The molecule has 0 aliphatic heterocycles. The zero-order chi connectivity index (χ0) is 26.5. The lowest BCUT2D eigenvalue weighted by molar-refractivity contribution is 0.0935. The number of aromatic nitrogens is 6. The number of amides is 1. The number of anilines is 2. The lowest BCUT2D eigenvalue weighted by Gasteiger charge is -2.14. The van der Waals surface area contributed by atoms with Gasteiger partial charge in [0.05, 0.1) is 11.7 Å². The van der Waals surface area contributed by atoms with Crippen LogP contribution in [0.4, 0.5) is 11.6 Å². The maximum absolute atomic E-state index is 12.8. The Morgan fingerprint density at radius 1 is 0.947 bits per heavy atom. The van der Waals surface area contributed by atoms with Crippen molar-refractivity contribution >= 4 is 17.5 Å². The van der Waals surface area contributed by atoms with Crippen LogP contribution in [-0.4, -0.2) is 35.8 Å². The summed E-state index contributed by atoms with van der Waals surface area (Å²) in [6.45, 7) is 3.75. The van der Waals surface area contributed by atoms with Gasteiger partial charge in [-0.25, -0.2) is 15.0 Å². The number of nitriles is 1. The van der Waals surface area contributed by atoms with Gasteiger partial charge in [0.15, 0.2) is 11.6 Å². The highest BCUT2D eigenvalue weighted by Gasteiger charge is 2.15. The van der Waals surface area contributed by atoms with Gasteiger partial charge >= 0.3 is 0 Å². The van der Waals surface area contributed by atoms with Crippen LogP contribution in [-0.2, 0) is 0 Å². The van der Waals surface area contributed by atoms with Crippen molar-refractivity contribution in [2.75, 3.05) is 5.32 Å². The largest absolute Gasteiger partial charge is 0.344 e. The lowest BCUT2D eigenvalue weighted by Crippen LogP contribution is -2.27. The molecule has 0 fully saturated rings. The molecule has 5 aromatic rings. The van der Waals surface area contributed by atoms with Gasteiger partial charge in [0.25, 0.3) is 5.91 Å². The number of nitrogens with one attached hydrogen (secondary N) is 3. The Kier molecular flexibility index (Phi) is 6.82. The predicted molar refractivity (Wildman–Crippen MR) is 142 cm³/mol. The summed E-state index contributed by atoms with van der Waals surface area (Å²) in [5.74, 6) is 1.34. The first-order valence-corrected chi connectivity index (χ1v) is 11.9. The third-order valence-corrected chi connectivity index (χ3v) is 5.75. The Hall–Kier alpha value is -5.43. The molecule has 0 aliphatic rings. The van der Waals surface area contributed by atoms with Crippen LogP contribution in [0.1, 0.15) is 40.5 Å². The van der Waals surface area contributed by atoms with E-state index >= 15 is 0 Å². The van der Waals surface area contributed by atoms with Gasteiger partial charge in [0.2, 0.25) is 5.82 Å². The molecule has 1 atom stereocenters. The second kappa shape index (κ2) is 10.7. The molecule has 3 N–H and O–H groups in total. The molecule has 38 heavy (non-hydrogen) atoms. The number of pyridine rings is 2. The first-order chi connectivity index (χ1) is 18.5. The molecule has 1 amide bonds. The third kappa shape index (κ3) is 5.52. The quantitative estimate of drug-likeness (QED) is 0.290. The summed E-state index contributed by atoms with van der Waals surface area (Å²) in [7, 11) is 0. The Morgan fingerprint density at radius 3 is 2.47 bits per heavy atom. The van der Waals surface area contributed by atoms with E-state index in [-0.39, 0.29) is 23.5 Å². The summed E-state index contributed by atoms with van der Waals surface area (Å²) in [6, 6.07) is 20.7. The fourth-order valence-corrected chi connectivity index (χ4v) is 3.79. The van der Waals surface area contributed by atoms with E-state index in [9.17, 15) is 4.79 Å². The van der Waals surface area contributed by atoms with Crippen molar-refractivity contribution < 1.29 is 4.79 Å². The standard InChI is InChI=1S/C28H23N9O/c1-17-12-24(35-26-16-32-25(13-29)36-26)37-27(33-17)21-9-11-23(31-15-21)28(38)34-18(2)20-8-10-22(30-14-20)19-6-4-3-5-7-19/h3-12,14-16,18H,1-2H3,(H,32,36)(H,34,38)(H,33,35,37). The molecule has 1 unspecified atom stereocenters. The van der Waals surface area contributed by atoms with Gasteiger partial charge in [0, 0.05) is 41.5 Å². The zero-order valence-corrected chi connectivity index (χ0v) is 20.7. The Labute approximate surface area is 218 Å². The van der Waals surface area contributed by atoms with E-state index in [1.165, 1.54) is 0 Å². The molecule has 186 valence electrons. The number of hydrogen-bond acceptors (Lipinski definition) is 8. The topological polar surface area (TPSA) is 145 Å². The molecule has 0 saturated carbocycles. The van der Waals surface area contributed by atoms with Crippen molar-refractivity contribution in [3.63, 3.8) is 0 Å². The smallest absolute Gasteiger partial charge is 0.270 e. The number of benzene rings is 1. The summed E-state index contributed by atoms with van der Waals surface area (Å²) in [5, 5.41) is 15.0. The molecule has 0 bridgehead atoms. The van der Waals surface area contributed by atoms with Crippen LogP contribution in [0.25, 0.3) is 22.6 Å². The van der Waals surface area contributed by atoms with Crippen LogP contribution in [0, 0.1) is 18.3 Å². The van der Waals surface area contributed by atoms with Crippen molar-refractivity contribution in [2.45, 2.75) is 19.9 Å². The molecule has 4 heterocycles. The van der Waals surface area contributed by atoms with E-state index < -0.39 is 0 Å². The zero-order valence-electron chi connectivity index (χ0n) is 20.7. The second-order valence-electron chi connectivity index (χ2n) is 8.56. The molecule has 0 saturated heterocycles. The molecule has 10 heteroatoms. The molecule has 4 aromatic heterocycles. The second-order valence-corrected chi connectivity index (χ2v) is 8.56. The summed E-state index contributed by atoms with van der Waals surface area (Å²) in [6.07, 6.45) is 4.92. The van der Waals surface area contributed by atoms with Gasteiger partial charge in [0.1, 0.15) is 17.6 Å². The van der Waals surface area contributed by atoms with Crippen molar-refractivity contribution in [3.05, 3.63) is 102 Å². The highest BCUT2D eigenvalue weighted by atomic mass is 16.1. The van der Waals surface area contributed by atoms with Crippen molar-refractivity contribution in [1.29, 1.82) is 5.26 Å². The molecule has 10 nitrogen and oxygen atoms in total. The SMILES string of the molecule is Cc1cc(Nc2c[nH]c(C#N)n2)nc(-c2ccc(C(=O)NC(C)c3ccc(-c4ccccc4)nc3)nc2)n1. The van der Waals surface area contributed by atoms with Gasteiger partial charge in [-0.15, -0.1) is 0 Å². The third-order valence-electron chi connectivity index (χ3n) is 5.75. The van der Waals surface area contributed by atoms with E-state index in [2.05, 4.69) is 40.5 Å². The maximum atomic E-state index is 12.8. The number of rotatable bonds is 7. The lowest BCUT2D eigenvalue weighted by atomic mass is 10.1. The molecule has 0 aliphatic carbocycles. The molecule has 0 spiro atoms. The summed E-state index contributed by atoms with van der Waals surface area (Å²) in [5.41, 5.74) is 4.47. The average Bonchev–Trinajstić information content (AvgIpc) is 3.41. The van der Waals surface area contributed by atoms with Crippen LogP contribution in [0.15, 0.2) is 79.3 Å². The van der Waals surface area contributed by atoms with E-state index in [0.717, 1.165) is 22.5 Å². The van der Waals surface area contributed by atoms with Gasteiger partial charge in [-0.2, -0.15) is 5.26 Å². The van der Waals surface area contributed by atoms with Gasteiger partial charge in [-0.05, 0) is 37.6 Å². The highest BCUT2D eigenvalue weighted by molar-refractivity contribution is 5.92. The summed E-state index contributed by atoms with van der Waals surface area (Å²) in [4.78, 5) is 37.6. The van der Waals surface area contributed by atoms with Crippen LogP contribution in [0.3, 0.4) is 0 Å². The number of aryl methyl sites for hydroxylation is 1. The Bertz CT molecular complexity index is 1610. The summed E-state index contributed by atoms with van der Waals surface area (Å²) < 4.78 is 0. The maximum Gasteiger partial charge on any atom is 0.270 e.